The van der Waals surface area contributed by atoms with E-state index in [-0.39, 0.29) is 11.7 Å². The standard InChI is InChI=1S/C23H19N3O4/c1-29-18-11-9-15(10-12-18)20-14-21-19-7-2-3-8-22(19)30-23(25(21)24-20)16-5-4-6-17(13-16)26(27)28/h2-13,21,23H,14H2,1H3/t21-,23-/m1/s1. The molecule has 0 fully saturated rings. The Bertz CT molecular complexity index is 1140. The lowest BCUT2D eigenvalue weighted by Crippen LogP contribution is -2.33. The van der Waals surface area contributed by atoms with Crippen molar-refractivity contribution in [3.63, 3.8) is 0 Å². The van der Waals surface area contributed by atoms with E-state index in [1.807, 2.05) is 59.6 Å². The summed E-state index contributed by atoms with van der Waals surface area (Å²) in [6, 6.07) is 22.2. The Hall–Kier alpha value is -3.87. The highest BCUT2D eigenvalue weighted by Gasteiger charge is 2.41. The number of fused-ring (bicyclic) bond motifs is 3. The molecule has 5 rings (SSSR count). The van der Waals surface area contributed by atoms with E-state index in [1.165, 1.54) is 6.07 Å². The second-order valence-electron chi connectivity index (χ2n) is 7.24. The van der Waals surface area contributed by atoms with Gasteiger partial charge >= 0.3 is 0 Å². The van der Waals surface area contributed by atoms with E-state index >= 15 is 0 Å². The van der Waals surface area contributed by atoms with E-state index in [4.69, 9.17) is 14.6 Å². The van der Waals surface area contributed by atoms with Crippen LogP contribution in [-0.2, 0) is 0 Å². The first-order valence-electron chi connectivity index (χ1n) is 9.64. The molecule has 0 aliphatic carbocycles. The molecule has 3 aromatic rings. The van der Waals surface area contributed by atoms with Gasteiger partial charge < -0.3 is 9.47 Å². The predicted molar refractivity (Wildman–Crippen MR) is 112 cm³/mol. The molecule has 3 aromatic carbocycles. The van der Waals surface area contributed by atoms with Crippen LogP contribution in [0.5, 0.6) is 11.5 Å². The summed E-state index contributed by atoms with van der Waals surface area (Å²) in [6.45, 7) is 0. The van der Waals surface area contributed by atoms with Gasteiger partial charge in [-0.05, 0) is 35.9 Å². The molecule has 0 amide bonds. The zero-order chi connectivity index (χ0) is 20.7. The largest absolute Gasteiger partial charge is 0.497 e. The predicted octanol–water partition coefficient (Wildman–Crippen LogP) is 4.85. The normalized spacial score (nSPS) is 19.4. The van der Waals surface area contributed by atoms with Gasteiger partial charge in [0.05, 0.1) is 23.8 Å². The van der Waals surface area contributed by atoms with E-state index in [0.717, 1.165) is 34.8 Å². The minimum atomic E-state index is -0.541. The Kier molecular flexibility index (Phi) is 4.35. The van der Waals surface area contributed by atoms with Crippen LogP contribution in [-0.4, -0.2) is 22.8 Å². The SMILES string of the molecule is COc1ccc(C2=NN3[C@H](C2)c2ccccc2O[C@@H]3c2cccc([N+](=O)[O-])c2)cc1. The Morgan fingerprint density at radius 2 is 1.90 bits per heavy atom. The minimum Gasteiger partial charge on any atom is -0.497 e. The van der Waals surface area contributed by atoms with Crippen molar-refractivity contribution in [3.8, 4) is 11.5 Å². The zero-order valence-corrected chi connectivity index (χ0v) is 16.3. The molecule has 0 spiro atoms. The van der Waals surface area contributed by atoms with Gasteiger partial charge in [-0.25, -0.2) is 5.01 Å². The van der Waals surface area contributed by atoms with Crippen LogP contribution >= 0.6 is 0 Å². The third-order valence-electron chi connectivity index (χ3n) is 5.49. The summed E-state index contributed by atoms with van der Waals surface area (Å²) in [6.07, 6.45) is 0.179. The Balaban J connectivity index is 1.57. The molecular weight excluding hydrogens is 382 g/mol. The third-order valence-corrected chi connectivity index (χ3v) is 5.49. The van der Waals surface area contributed by atoms with Crippen LogP contribution in [0.2, 0.25) is 0 Å². The fourth-order valence-corrected chi connectivity index (χ4v) is 4.00. The molecule has 0 bridgehead atoms. The lowest BCUT2D eigenvalue weighted by molar-refractivity contribution is -0.385. The highest BCUT2D eigenvalue weighted by molar-refractivity contribution is 6.02. The van der Waals surface area contributed by atoms with Crippen molar-refractivity contribution in [3.05, 3.63) is 99.6 Å². The van der Waals surface area contributed by atoms with Crippen LogP contribution in [0.1, 0.15) is 35.4 Å². The molecule has 0 radical (unpaired) electrons. The number of hydrogen-bond donors (Lipinski definition) is 0. The molecule has 2 aliphatic rings. The topological polar surface area (TPSA) is 77.2 Å². The van der Waals surface area contributed by atoms with Gasteiger partial charge in [0.2, 0.25) is 6.23 Å². The van der Waals surface area contributed by atoms with Gasteiger partial charge in [-0.1, -0.05) is 30.3 Å². The van der Waals surface area contributed by atoms with Crippen molar-refractivity contribution in [2.45, 2.75) is 18.7 Å². The van der Waals surface area contributed by atoms with Gasteiger partial charge in [0, 0.05) is 29.7 Å². The lowest BCUT2D eigenvalue weighted by atomic mass is 9.96. The van der Waals surface area contributed by atoms with Crippen molar-refractivity contribution in [2.24, 2.45) is 5.10 Å². The highest BCUT2D eigenvalue weighted by atomic mass is 16.6. The Morgan fingerprint density at radius 1 is 1.10 bits per heavy atom. The molecule has 0 saturated carbocycles. The maximum absolute atomic E-state index is 11.3. The summed E-state index contributed by atoms with van der Waals surface area (Å²) in [5, 5.41) is 18.1. The molecule has 30 heavy (non-hydrogen) atoms. The molecule has 0 unspecified atom stereocenters. The van der Waals surface area contributed by atoms with E-state index < -0.39 is 11.2 Å². The quantitative estimate of drug-likeness (QED) is 0.462. The first kappa shape index (κ1) is 18.2. The maximum atomic E-state index is 11.3. The van der Waals surface area contributed by atoms with Crippen molar-refractivity contribution in [2.75, 3.05) is 7.11 Å². The maximum Gasteiger partial charge on any atom is 0.269 e. The molecule has 0 aromatic heterocycles. The average Bonchev–Trinajstić information content (AvgIpc) is 3.24. The molecular formula is C23H19N3O4. The molecule has 2 aliphatic heterocycles. The van der Waals surface area contributed by atoms with Gasteiger partial charge in [0.25, 0.3) is 5.69 Å². The molecule has 150 valence electrons. The molecule has 0 N–H and O–H groups in total. The fraction of sp³-hybridized carbons (Fsp3) is 0.174. The number of hydrazone groups is 1. The first-order valence-corrected chi connectivity index (χ1v) is 9.64. The number of methoxy groups -OCH3 is 1. The van der Waals surface area contributed by atoms with Crippen LogP contribution in [0, 0.1) is 10.1 Å². The van der Waals surface area contributed by atoms with E-state index in [2.05, 4.69) is 0 Å². The van der Waals surface area contributed by atoms with E-state index in [0.29, 0.717) is 5.56 Å². The zero-order valence-electron chi connectivity index (χ0n) is 16.3. The number of non-ortho nitro benzene ring substituents is 1. The highest BCUT2D eigenvalue weighted by Crippen LogP contribution is 2.47. The number of nitro benzene ring substituents is 1. The van der Waals surface area contributed by atoms with Gasteiger partial charge in [-0.15, -0.1) is 0 Å². The number of nitrogens with zero attached hydrogens (tertiary/aromatic N) is 3. The molecule has 0 saturated heterocycles. The second-order valence-corrected chi connectivity index (χ2v) is 7.24. The Morgan fingerprint density at radius 3 is 2.67 bits per heavy atom. The van der Waals surface area contributed by atoms with Crippen LogP contribution in [0.15, 0.2) is 77.9 Å². The molecule has 2 heterocycles. The third kappa shape index (κ3) is 3.04. The summed E-state index contributed by atoms with van der Waals surface area (Å²) < 4.78 is 11.5. The number of para-hydroxylation sites is 1. The van der Waals surface area contributed by atoms with E-state index in [9.17, 15) is 10.1 Å². The summed E-state index contributed by atoms with van der Waals surface area (Å²) in [5.41, 5.74) is 3.75. The average molecular weight is 401 g/mol. The molecule has 7 heteroatoms. The molecule has 7 nitrogen and oxygen atoms in total. The van der Waals surface area contributed by atoms with Gasteiger partial charge in [0.1, 0.15) is 11.5 Å². The van der Waals surface area contributed by atoms with Crippen LogP contribution < -0.4 is 9.47 Å². The van der Waals surface area contributed by atoms with Crippen molar-refractivity contribution >= 4 is 11.4 Å². The first-order chi connectivity index (χ1) is 14.6. The monoisotopic (exact) mass is 401 g/mol. The minimum absolute atomic E-state index is 0.00341. The summed E-state index contributed by atoms with van der Waals surface area (Å²) >= 11 is 0. The molecule has 2 atom stereocenters. The van der Waals surface area contributed by atoms with Crippen molar-refractivity contribution in [1.29, 1.82) is 0 Å². The number of hydrogen-bond acceptors (Lipinski definition) is 6. The number of nitro groups is 1. The van der Waals surface area contributed by atoms with Crippen LogP contribution in [0.4, 0.5) is 5.69 Å². The van der Waals surface area contributed by atoms with Gasteiger partial charge in [0.15, 0.2) is 0 Å². The fourth-order valence-electron chi connectivity index (χ4n) is 4.00. The van der Waals surface area contributed by atoms with Gasteiger partial charge in [-0.2, -0.15) is 5.10 Å². The number of ether oxygens (including phenoxy) is 2. The van der Waals surface area contributed by atoms with Crippen molar-refractivity contribution in [1.82, 2.24) is 5.01 Å². The summed E-state index contributed by atoms with van der Waals surface area (Å²) in [5.74, 6) is 1.57. The summed E-state index contributed by atoms with van der Waals surface area (Å²) in [7, 11) is 1.64. The van der Waals surface area contributed by atoms with Gasteiger partial charge in [-0.3, -0.25) is 10.1 Å². The van der Waals surface area contributed by atoms with E-state index in [1.54, 1.807) is 19.2 Å². The second kappa shape index (κ2) is 7.18. The number of rotatable bonds is 4. The smallest absolute Gasteiger partial charge is 0.269 e. The van der Waals surface area contributed by atoms with Crippen LogP contribution in [0.3, 0.4) is 0 Å². The Labute approximate surface area is 173 Å². The van der Waals surface area contributed by atoms with Crippen molar-refractivity contribution < 1.29 is 14.4 Å². The van der Waals surface area contributed by atoms with Crippen LogP contribution in [0.25, 0.3) is 0 Å². The summed E-state index contributed by atoms with van der Waals surface area (Å²) in [4.78, 5) is 10.9. The lowest BCUT2D eigenvalue weighted by Gasteiger charge is -2.38. The number of benzene rings is 3.